The first-order valence-corrected chi connectivity index (χ1v) is 6.51. The van der Waals surface area contributed by atoms with E-state index in [9.17, 15) is 19.2 Å². The van der Waals surface area contributed by atoms with E-state index in [0.29, 0.717) is 0 Å². The average molecular weight is 286 g/mol. The third-order valence-corrected chi connectivity index (χ3v) is 3.03. The van der Waals surface area contributed by atoms with Gasteiger partial charge in [-0.3, -0.25) is 14.4 Å². The van der Waals surface area contributed by atoms with Gasteiger partial charge in [0.05, 0.1) is 25.7 Å². The quantitative estimate of drug-likeness (QED) is 0.286. The number of carbonyl (C=O) groups is 4. The molecular formula is C13H18O7. The highest BCUT2D eigenvalue weighted by Gasteiger charge is 2.72. The van der Waals surface area contributed by atoms with Gasteiger partial charge in [-0.15, -0.1) is 0 Å². The number of ketones is 1. The summed E-state index contributed by atoms with van der Waals surface area (Å²) in [6, 6.07) is 0. The van der Waals surface area contributed by atoms with E-state index in [-0.39, 0.29) is 26.2 Å². The second-order valence-electron chi connectivity index (χ2n) is 4.25. The third-order valence-electron chi connectivity index (χ3n) is 3.03. The van der Waals surface area contributed by atoms with Crippen molar-refractivity contribution in [1.29, 1.82) is 0 Å². The van der Waals surface area contributed by atoms with Crippen LogP contribution in [0.5, 0.6) is 0 Å². The molecule has 0 saturated heterocycles. The molecule has 112 valence electrons. The van der Waals surface area contributed by atoms with Gasteiger partial charge >= 0.3 is 17.9 Å². The van der Waals surface area contributed by atoms with Gasteiger partial charge in [0.1, 0.15) is 0 Å². The number of ether oxygens (including phenoxy) is 3. The molecule has 7 nitrogen and oxygen atoms in total. The van der Waals surface area contributed by atoms with E-state index in [1.807, 2.05) is 0 Å². The molecule has 1 aliphatic rings. The summed E-state index contributed by atoms with van der Waals surface area (Å²) in [6.07, 6.45) is -0.0810. The molecule has 1 fully saturated rings. The van der Waals surface area contributed by atoms with Crippen molar-refractivity contribution in [2.24, 2.45) is 11.3 Å². The fraction of sp³-hybridized carbons (Fsp3) is 0.692. The molecule has 0 aliphatic heterocycles. The van der Waals surface area contributed by atoms with Crippen LogP contribution in [0.3, 0.4) is 0 Å². The van der Waals surface area contributed by atoms with E-state index in [2.05, 4.69) is 4.74 Å². The van der Waals surface area contributed by atoms with Crippen LogP contribution in [-0.4, -0.2) is 43.5 Å². The molecule has 1 rings (SSSR count). The summed E-state index contributed by atoms with van der Waals surface area (Å²) in [5.41, 5.74) is -1.68. The molecule has 20 heavy (non-hydrogen) atoms. The third kappa shape index (κ3) is 2.81. The summed E-state index contributed by atoms with van der Waals surface area (Å²) in [5, 5.41) is 0. The van der Waals surface area contributed by atoms with Gasteiger partial charge in [-0.1, -0.05) is 0 Å². The van der Waals surface area contributed by atoms with Crippen molar-refractivity contribution in [2.45, 2.75) is 27.2 Å². The maximum Gasteiger partial charge on any atom is 0.374 e. The number of hydrogen-bond acceptors (Lipinski definition) is 7. The first kappa shape index (κ1) is 16.1. The Morgan fingerprint density at radius 3 is 1.75 bits per heavy atom. The Balaban J connectivity index is 2.90. The van der Waals surface area contributed by atoms with Crippen molar-refractivity contribution in [3.05, 3.63) is 0 Å². The van der Waals surface area contributed by atoms with Crippen molar-refractivity contribution in [1.82, 2.24) is 0 Å². The Labute approximate surface area is 116 Å². The molecular weight excluding hydrogens is 268 g/mol. The van der Waals surface area contributed by atoms with Crippen LogP contribution in [0, 0.1) is 11.3 Å². The van der Waals surface area contributed by atoms with Crippen molar-refractivity contribution < 1.29 is 33.4 Å². The number of hydrogen-bond donors (Lipinski definition) is 0. The van der Waals surface area contributed by atoms with E-state index in [4.69, 9.17) is 9.47 Å². The van der Waals surface area contributed by atoms with Gasteiger partial charge in [0.2, 0.25) is 5.78 Å². The molecule has 0 radical (unpaired) electrons. The average Bonchev–Trinajstić information content (AvgIpc) is 3.15. The van der Waals surface area contributed by atoms with Crippen molar-refractivity contribution >= 4 is 23.7 Å². The van der Waals surface area contributed by atoms with Crippen LogP contribution < -0.4 is 0 Å². The van der Waals surface area contributed by atoms with Gasteiger partial charge in [-0.25, -0.2) is 4.79 Å². The van der Waals surface area contributed by atoms with E-state index in [1.54, 1.807) is 20.8 Å². The first-order chi connectivity index (χ1) is 9.45. The lowest BCUT2D eigenvalue weighted by atomic mass is 10.0. The van der Waals surface area contributed by atoms with Crippen LogP contribution in [0.25, 0.3) is 0 Å². The monoisotopic (exact) mass is 286 g/mol. The Morgan fingerprint density at radius 1 is 0.900 bits per heavy atom. The summed E-state index contributed by atoms with van der Waals surface area (Å²) in [7, 11) is 0. The van der Waals surface area contributed by atoms with Crippen LogP contribution in [0.2, 0.25) is 0 Å². The molecule has 0 spiro atoms. The Morgan fingerprint density at radius 2 is 1.35 bits per heavy atom. The minimum atomic E-state index is -1.68. The molecule has 1 saturated carbocycles. The lowest BCUT2D eigenvalue weighted by molar-refractivity contribution is -0.166. The minimum absolute atomic E-state index is 0.0447. The van der Waals surface area contributed by atoms with Gasteiger partial charge < -0.3 is 14.2 Å². The standard InChI is InChI=1S/C13H18O7/c1-4-18-10(15)9(14)8-7-13(8,11(16)19-5-2)12(17)20-6-3/h8H,4-7H2,1-3H3. The normalized spacial score (nSPS) is 18.9. The molecule has 0 aromatic carbocycles. The Kier molecular flexibility index (Phi) is 5.24. The number of esters is 3. The van der Waals surface area contributed by atoms with Gasteiger partial charge in [-0.05, 0) is 27.2 Å². The number of rotatable bonds is 7. The predicted molar refractivity (Wildman–Crippen MR) is 65.4 cm³/mol. The van der Waals surface area contributed by atoms with Crippen molar-refractivity contribution in [3.8, 4) is 0 Å². The van der Waals surface area contributed by atoms with E-state index >= 15 is 0 Å². The largest absolute Gasteiger partial charge is 0.465 e. The zero-order chi connectivity index (χ0) is 15.3. The highest BCUT2D eigenvalue weighted by Crippen LogP contribution is 2.55. The van der Waals surface area contributed by atoms with Crippen LogP contribution in [0.1, 0.15) is 27.2 Å². The van der Waals surface area contributed by atoms with Crippen molar-refractivity contribution in [2.75, 3.05) is 19.8 Å². The molecule has 0 N–H and O–H groups in total. The van der Waals surface area contributed by atoms with Crippen LogP contribution in [0.15, 0.2) is 0 Å². The number of Topliss-reactive ketones (excluding diaryl/α,β-unsaturated/α-hetero) is 1. The highest BCUT2D eigenvalue weighted by atomic mass is 16.6. The van der Waals surface area contributed by atoms with Gasteiger partial charge in [0.25, 0.3) is 0 Å². The van der Waals surface area contributed by atoms with Crippen LogP contribution in [0.4, 0.5) is 0 Å². The molecule has 7 heteroatoms. The zero-order valence-corrected chi connectivity index (χ0v) is 11.8. The molecule has 1 aliphatic carbocycles. The fourth-order valence-electron chi connectivity index (χ4n) is 1.98. The summed E-state index contributed by atoms with van der Waals surface area (Å²) in [4.78, 5) is 47.1. The molecule has 0 aromatic heterocycles. The molecule has 0 aromatic rings. The lowest BCUT2D eigenvalue weighted by Crippen LogP contribution is -2.35. The predicted octanol–water partition coefficient (Wildman–Crippen LogP) is 0.251. The molecule has 1 atom stereocenters. The SMILES string of the molecule is CCOC(=O)C(=O)C1CC1(C(=O)OCC)C(=O)OCC. The fourth-order valence-corrected chi connectivity index (χ4v) is 1.98. The second-order valence-corrected chi connectivity index (χ2v) is 4.25. The molecule has 0 bridgehead atoms. The van der Waals surface area contributed by atoms with Crippen LogP contribution >= 0.6 is 0 Å². The van der Waals surface area contributed by atoms with Crippen molar-refractivity contribution in [3.63, 3.8) is 0 Å². The zero-order valence-electron chi connectivity index (χ0n) is 11.8. The van der Waals surface area contributed by atoms with E-state index in [0.717, 1.165) is 0 Å². The van der Waals surface area contributed by atoms with E-state index in [1.165, 1.54) is 0 Å². The second kappa shape index (κ2) is 6.49. The maximum atomic E-state index is 11.9. The van der Waals surface area contributed by atoms with Gasteiger partial charge in [0, 0.05) is 0 Å². The maximum absolute atomic E-state index is 11.9. The Bertz CT molecular complexity index is 408. The highest BCUT2D eigenvalue weighted by molar-refractivity contribution is 6.37. The first-order valence-electron chi connectivity index (χ1n) is 6.51. The van der Waals surface area contributed by atoms with Gasteiger partial charge in [0.15, 0.2) is 5.41 Å². The minimum Gasteiger partial charge on any atom is -0.465 e. The van der Waals surface area contributed by atoms with Gasteiger partial charge in [-0.2, -0.15) is 0 Å². The summed E-state index contributed by atoms with van der Waals surface area (Å²) in [5.74, 6) is -4.66. The van der Waals surface area contributed by atoms with E-state index < -0.39 is 35.0 Å². The summed E-state index contributed by atoms with van der Waals surface area (Å²) < 4.78 is 14.2. The molecule has 0 heterocycles. The Hall–Kier alpha value is -1.92. The smallest absolute Gasteiger partial charge is 0.374 e. The summed E-state index contributed by atoms with van der Waals surface area (Å²) in [6.45, 7) is 4.91. The summed E-state index contributed by atoms with van der Waals surface area (Å²) >= 11 is 0. The molecule has 1 unspecified atom stereocenters. The number of carbonyl (C=O) groups excluding carboxylic acids is 4. The lowest BCUT2D eigenvalue weighted by Gasteiger charge is -2.13. The topological polar surface area (TPSA) is 96.0 Å². The molecule has 0 amide bonds. The van der Waals surface area contributed by atoms with Crippen LogP contribution in [-0.2, 0) is 33.4 Å².